The number of aliphatic hydroxyl groups is 1. The van der Waals surface area contributed by atoms with Crippen molar-refractivity contribution in [2.24, 2.45) is 11.8 Å². The third-order valence-corrected chi connectivity index (χ3v) is 3.75. The van der Waals surface area contributed by atoms with Crippen LogP contribution < -0.4 is 0 Å². The number of fused-ring (bicyclic) bond motifs is 1. The number of carbonyl (C=O) groups is 1. The molecule has 4 heteroatoms. The number of nitrogens with zero attached hydrogens (tertiary/aromatic N) is 1. The molecule has 3 atom stereocenters. The van der Waals surface area contributed by atoms with Gasteiger partial charge in [0.2, 0.25) is 0 Å². The maximum absolute atomic E-state index is 11.0. The first kappa shape index (κ1) is 10.9. The Hall–Kier alpha value is -0.610. The van der Waals surface area contributed by atoms with Gasteiger partial charge in [-0.05, 0) is 18.8 Å². The van der Waals surface area contributed by atoms with Gasteiger partial charge in [0.15, 0.2) is 0 Å². The lowest BCUT2D eigenvalue weighted by Crippen LogP contribution is -2.27. The van der Waals surface area contributed by atoms with Gasteiger partial charge in [-0.2, -0.15) is 0 Å². The van der Waals surface area contributed by atoms with Crippen molar-refractivity contribution in [3.8, 4) is 0 Å². The number of aliphatic hydroxyl groups excluding tert-OH is 1. The molecule has 2 rings (SSSR count). The fourth-order valence-corrected chi connectivity index (χ4v) is 2.86. The Morgan fingerprint density at radius 3 is 2.93 bits per heavy atom. The van der Waals surface area contributed by atoms with E-state index in [-0.39, 0.29) is 12.1 Å². The van der Waals surface area contributed by atoms with Crippen LogP contribution in [0.3, 0.4) is 0 Å². The van der Waals surface area contributed by atoms with Crippen LogP contribution in [0.1, 0.15) is 19.3 Å². The lowest BCUT2D eigenvalue weighted by Gasteiger charge is -2.16. The van der Waals surface area contributed by atoms with Gasteiger partial charge in [0.05, 0.1) is 19.6 Å². The molecule has 2 fully saturated rings. The van der Waals surface area contributed by atoms with Crippen LogP contribution in [0.25, 0.3) is 0 Å². The molecule has 1 N–H and O–H groups in total. The number of methoxy groups -OCH3 is 1. The van der Waals surface area contributed by atoms with Crippen molar-refractivity contribution in [2.75, 3.05) is 26.7 Å². The molecule has 0 aromatic carbocycles. The SMILES string of the molecule is COC(=O)CCN1CC2CCC(O)C2C1. The van der Waals surface area contributed by atoms with Crippen molar-refractivity contribution in [2.45, 2.75) is 25.4 Å². The molecule has 1 aliphatic carbocycles. The average molecular weight is 213 g/mol. The number of carbonyl (C=O) groups excluding carboxylic acids is 1. The van der Waals surface area contributed by atoms with E-state index in [4.69, 9.17) is 0 Å². The van der Waals surface area contributed by atoms with Crippen molar-refractivity contribution in [3.05, 3.63) is 0 Å². The highest BCUT2D eigenvalue weighted by Crippen LogP contribution is 2.37. The van der Waals surface area contributed by atoms with E-state index < -0.39 is 0 Å². The van der Waals surface area contributed by atoms with Crippen LogP contribution >= 0.6 is 0 Å². The van der Waals surface area contributed by atoms with Gasteiger partial charge in [-0.1, -0.05) is 0 Å². The third kappa shape index (κ3) is 2.32. The summed E-state index contributed by atoms with van der Waals surface area (Å²) in [6.07, 6.45) is 2.45. The molecular formula is C11H19NO3. The summed E-state index contributed by atoms with van der Waals surface area (Å²) in [6, 6.07) is 0. The van der Waals surface area contributed by atoms with E-state index in [1.54, 1.807) is 0 Å². The van der Waals surface area contributed by atoms with E-state index >= 15 is 0 Å². The van der Waals surface area contributed by atoms with E-state index in [1.165, 1.54) is 7.11 Å². The molecule has 4 nitrogen and oxygen atoms in total. The van der Waals surface area contributed by atoms with Crippen molar-refractivity contribution in [1.29, 1.82) is 0 Å². The second-order valence-corrected chi connectivity index (χ2v) is 4.65. The van der Waals surface area contributed by atoms with Crippen LogP contribution in [0, 0.1) is 11.8 Å². The van der Waals surface area contributed by atoms with E-state index in [2.05, 4.69) is 9.64 Å². The molecule has 1 saturated heterocycles. The molecule has 15 heavy (non-hydrogen) atoms. The first-order valence-electron chi connectivity index (χ1n) is 5.68. The second-order valence-electron chi connectivity index (χ2n) is 4.65. The summed E-state index contributed by atoms with van der Waals surface area (Å²) in [5.41, 5.74) is 0. The molecule has 86 valence electrons. The zero-order chi connectivity index (χ0) is 10.8. The number of likely N-dealkylation sites (tertiary alicyclic amines) is 1. The van der Waals surface area contributed by atoms with Gasteiger partial charge in [0.25, 0.3) is 0 Å². The standard InChI is InChI=1S/C11H19NO3/c1-15-11(14)4-5-12-6-8-2-3-10(13)9(8)7-12/h8-10,13H,2-7H2,1H3. The number of ether oxygens (including phenoxy) is 1. The summed E-state index contributed by atoms with van der Waals surface area (Å²) >= 11 is 0. The van der Waals surface area contributed by atoms with Crippen LogP contribution in [-0.2, 0) is 9.53 Å². The first-order valence-corrected chi connectivity index (χ1v) is 5.68. The van der Waals surface area contributed by atoms with Crippen molar-refractivity contribution in [3.63, 3.8) is 0 Å². The van der Waals surface area contributed by atoms with Gasteiger partial charge < -0.3 is 14.7 Å². The molecule has 0 aromatic rings. The van der Waals surface area contributed by atoms with Gasteiger partial charge in [-0.25, -0.2) is 0 Å². The molecule has 1 aliphatic heterocycles. The summed E-state index contributed by atoms with van der Waals surface area (Å²) in [5, 5.41) is 9.72. The highest BCUT2D eigenvalue weighted by Gasteiger charge is 2.41. The summed E-state index contributed by atoms with van der Waals surface area (Å²) in [7, 11) is 1.42. The second kappa shape index (κ2) is 4.49. The number of esters is 1. The summed E-state index contributed by atoms with van der Waals surface area (Å²) < 4.78 is 4.61. The molecular weight excluding hydrogens is 194 g/mol. The zero-order valence-corrected chi connectivity index (χ0v) is 9.19. The van der Waals surface area contributed by atoms with E-state index in [1.807, 2.05) is 0 Å². The van der Waals surface area contributed by atoms with Gasteiger partial charge in [0, 0.05) is 25.6 Å². The average Bonchev–Trinajstić information content (AvgIpc) is 2.78. The third-order valence-electron chi connectivity index (χ3n) is 3.75. The molecule has 2 aliphatic rings. The van der Waals surface area contributed by atoms with Crippen molar-refractivity contribution < 1.29 is 14.6 Å². The smallest absolute Gasteiger partial charge is 0.306 e. The van der Waals surface area contributed by atoms with Gasteiger partial charge in [-0.15, -0.1) is 0 Å². The van der Waals surface area contributed by atoms with Crippen molar-refractivity contribution >= 4 is 5.97 Å². The molecule has 0 amide bonds. The van der Waals surface area contributed by atoms with Crippen LogP contribution in [0.15, 0.2) is 0 Å². The Bertz CT molecular complexity index is 244. The Morgan fingerprint density at radius 2 is 2.27 bits per heavy atom. The Labute approximate surface area is 90.2 Å². The van der Waals surface area contributed by atoms with E-state index in [0.29, 0.717) is 18.3 Å². The summed E-state index contributed by atoms with van der Waals surface area (Å²) in [4.78, 5) is 13.3. The fraction of sp³-hybridized carbons (Fsp3) is 0.909. The minimum absolute atomic E-state index is 0.113. The van der Waals surface area contributed by atoms with Crippen LogP contribution in [-0.4, -0.2) is 48.8 Å². The van der Waals surface area contributed by atoms with E-state index in [0.717, 1.165) is 32.5 Å². The molecule has 0 spiro atoms. The molecule has 0 aromatic heterocycles. The van der Waals surface area contributed by atoms with Crippen LogP contribution in [0.4, 0.5) is 0 Å². The first-order chi connectivity index (χ1) is 7.20. The number of rotatable bonds is 3. The minimum atomic E-state index is -0.146. The van der Waals surface area contributed by atoms with E-state index in [9.17, 15) is 9.90 Å². The Morgan fingerprint density at radius 1 is 1.47 bits per heavy atom. The fourth-order valence-electron chi connectivity index (χ4n) is 2.86. The molecule has 1 heterocycles. The van der Waals surface area contributed by atoms with Gasteiger partial charge in [-0.3, -0.25) is 4.79 Å². The normalized spacial score (nSPS) is 35.5. The topological polar surface area (TPSA) is 49.8 Å². The lowest BCUT2D eigenvalue weighted by molar-refractivity contribution is -0.140. The minimum Gasteiger partial charge on any atom is -0.469 e. The Balaban J connectivity index is 1.76. The monoisotopic (exact) mass is 213 g/mol. The highest BCUT2D eigenvalue weighted by atomic mass is 16.5. The Kier molecular flexibility index (Phi) is 3.26. The maximum Gasteiger partial charge on any atom is 0.306 e. The molecule has 1 saturated carbocycles. The van der Waals surface area contributed by atoms with Crippen LogP contribution in [0.2, 0.25) is 0 Å². The lowest BCUT2D eigenvalue weighted by atomic mass is 10.00. The predicted molar refractivity (Wildman–Crippen MR) is 55.3 cm³/mol. The predicted octanol–water partition coefficient (Wildman–Crippen LogP) is 0.252. The number of hydrogen-bond donors (Lipinski definition) is 1. The highest BCUT2D eigenvalue weighted by molar-refractivity contribution is 5.69. The quantitative estimate of drug-likeness (QED) is 0.683. The molecule has 0 radical (unpaired) electrons. The maximum atomic E-state index is 11.0. The van der Waals surface area contributed by atoms with Gasteiger partial charge >= 0.3 is 5.97 Å². The molecule has 3 unspecified atom stereocenters. The van der Waals surface area contributed by atoms with Gasteiger partial charge in [0.1, 0.15) is 0 Å². The summed E-state index contributed by atoms with van der Waals surface area (Å²) in [5.74, 6) is 0.952. The largest absolute Gasteiger partial charge is 0.469 e. The molecule has 0 bridgehead atoms. The number of hydrogen-bond acceptors (Lipinski definition) is 4. The van der Waals surface area contributed by atoms with Crippen LogP contribution in [0.5, 0.6) is 0 Å². The summed E-state index contributed by atoms with van der Waals surface area (Å²) in [6.45, 7) is 2.76. The zero-order valence-electron chi connectivity index (χ0n) is 9.19. The van der Waals surface area contributed by atoms with Crippen molar-refractivity contribution in [1.82, 2.24) is 4.90 Å².